The molecule has 0 atom stereocenters. The molecule has 0 fully saturated rings. The molecule has 4 nitrogen and oxygen atoms in total. The fourth-order valence-corrected chi connectivity index (χ4v) is 2.42. The molecule has 0 unspecified atom stereocenters. The molecule has 0 radical (unpaired) electrons. The third-order valence-electron chi connectivity index (χ3n) is 2.30. The number of nitro benzene ring substituents is 1. The van der Waals surface area contributed by atoms with Gasteiger partial charge in [0, 0.05) is 18.7 Å². The van der Waals surface area contributed by atoms with E-state index in [4.69, 9.17) is 0 Å². The minimum Gasteiger partial charge on any atom is -0.375 e. The van der Waals surface area contributed by atoms with Crippen LogP contribution in [0.2, 0.25) is 0 Å². The van der Waals surface area contributed by atoms with Gasteiger partial charge in [-0.2, -0.15) is 11.3 Å². The van der Waals surface area contributed by atoms with Crippen LogP contribution in [0.15, 0.2) is 33.4 Å². The van der Waals surface area contributed by atoms with Gasteiger partial charge in [-0.3, -0.25) is 10.1 Å². The Morgan fingerprint density at radius 2 is 2.28 bits per heavy atom. The van der Waals surface area contributed by atoms with Crippen LogP contribution in [0, 0.1) is 15.9 Å². The average Bonchev–Trinajstić information content (AvgIpc) is 2.83. The van der Waals surface area contributed by atoms with Gasteiger partial charge in [-0.05, 0) is 38.3 Å². The van der Waals surface area contributed by atoms with E-state index in [9.17, 15) is 14.5 Å². The predicted octanol–water partition coefficient (Wildman–Crippen LogP) is 4.17. The predicted molar refractivity (Wildman–Crippen MR) is 72.4 cm³/mol. The van der Waals surface area contributed by atoms with Crippen molar-refractivity contribution >= 4 is 38.6 Å². The molecule has 94 valence electrons. The maximum Gasteiger partial charge on any atom is 0.293 e. The van der Waals surface area contributed by atoms with Crippen LogP contribution in [-0.2, 0) is 6.54 Å². The highest BCUT2D eigenvalue weighted by atomic mass is 79.9. The molecule has 1 N–H and O–H groups in total. The van der Waals surface area contributed by atoms with Crippen molar-refractivity contribution in [3.05, 3.63) is 54.9 Å². The van der Waals surface area contributed by atoms with Gasteiger partial charge in [-0.15, -0.1) is 0 Å². The van der Waals surface area contributed by atoms with Crippen LogP contribution in [-0.4, -0.2) is 4.92 Å². The maximum atomic E-state index is 13.4. The monoisotopic (exact) mass is 330 g/mol. The molecule has 2 rings (SSSR count). The van der Waals surface area contributed by atoms with Gasteiger partial charge < -0.3 is 5.32 Å². The Balaban J connectivity index is 2.25. The Hall–Kier alpha value is -1.47. The van der Waals surface area contributed by atoms with E-state index in [-0.39, 0.29) is 15.8 Å². The van der Waals surface area contributed by atoms with Gasteiger partial charge in [0.05, 0.1) is 9.40 Å². The number of benzene rings is 1. The van der Waals surface area contributed by atoms with Crippen molar-refractivity contribution in [3.63, 3.8) is 0 Å². The zero-order chi connectivity index (χ0) is 13.1. The Morgan fingerprint density at radius 3 is 2.89 bits per heavy atom. The first-order valence-electron chi connectivity index (χ1n) is 4.96. The van der Waals surface area contributed by atoms with Crippen LogP contribution in [0.1, 0.15) is 5.56 Å². The van der Waals surface area contributed by atoms with Crippen LogP contribution in [0.4, 0.5) is 15.8 Å². The van der Waals surface area contributed by atoms with Gasteiger partial charge in [0.15, 0.2) is 0 Å². The highest BCUT2D eigenvalue weighted by Gasteiger charge is 2.17. The van der Waals surface area contributed by atoms with Crippen LogP contribution in [0.3, 0.4) is 0 Å². The molecular formula is C11H8BrFN2O2S. The largest absolute Gasteiger partial charge is 0.375 e. The van der Waals surface area contributed by atoms with Crippen LogP contribution < -0.4 is 5.32 Å². The third-order valence-corrected chi connectivity index (χ3v) is 3.64. The number of nitro groups is 1. The summed E-state index contributed by atoms with van der Waals surface area (Å²) < 4.78 is 13.5. The van der Waals surface area contributed by atoms with Gasteiger partial charge in [0.2, 0.25) is 0 Å². The summed E-state index contributed by atoms with van der Waals surface area (Å²) in [5.41, 5.74) is 1.02. The molecule has 0 aliphatic carbocycles. The lowest BCUT2D eigenvalue weighted by molar-refractivity contribution is -0.384. The molecule has 0 saturated carbocycles. The number of hydrogen-bond acceptors (Lipinski definition) is 4. The highest BCUT2D eigenvalue weighted by Crippen LogP contribution is 2.30. The third kappa shape index (κ3) is 2.85. The molecule has 0 spiro atoms. The van der Waals surface area contributed by atoms with Gasteiger partial charge in [0.25, 0.3) is 5.69 Å². The van der Waals surface area contributed by atoms with E-state index in [2.05, 4.69) is 21.2 Å². The summed E-state index contributed by atoms with van der Waals surface area (Å²) in [6, 6.07) is 4.18. The van der Waals surface area contributed by atoms with Crippen molar-refractivity contribution in [2.24, 2.45) is 0 Å². The van der Waals surface area contributed by atoms with Crippen LogP contribution in [0.25, 0.3) is 0 Å². The molecule has 0 amide bonds. The Kier molecular flexibility index (Phi) is 3.93. The zero-order valence-corrected chi connectivity index (χ0v) is 11.4. The van der Waals surface area contributed by atoms with E-state index >= 15 is 0 Å². The second-order valence-corrected chi connectivity index (χ2v) is 5.16. The fourth-order valence-electron chi connectivity index (χ4n) is 1.42. The lowest BCUT2D eigenvalue weighted by Crippen LogP contribution is -2.02. The van der Waals surface area contributed by atoms with Crippen LogP contribution >= 0.6 is 27.3 Å². The fraction of sp³-hybridized carbons (Fsp3) is 0.0909. The molecule has 18 heavy (non-hydrogen) atoms. The molecule has 0 bridgehead atoms. The second-order valence-electron chi connectivity index (χ2n) is 3.53. The van der Waals surface area contributed by atoms with Gasteiger partial charge in [-0.25, -0.2) is 4.39 Å². The quantitative estimate of drug-likeness (QED) is 0.676. The summed E-state index contributed by atoms with van der Waals surface area (Å²) in [5.74, 6) is -0.534. The zero-order valence-electron chi connectivity index (χ0n) is 9.02. The highest BCUT2D eigenvalue weighted by molar-refractivity contribution is 9.10. The normalized spacial score (nSPS) is 10.3. The first-order valence-corrected chi connectivity index (χ1v) is 6.70. The van der Waals surface area contributed by atoms with Crippen molar-refractivity contribution in [2.75, 3.05) is 5.32 Å². The van der Waals surface area contributed by atoms with Crippen molar-refractivity contribution in [1.82, 2.24) is 0 Å². The van der Waals surface area contributed by atoms with E-state index < -0.39 is 10.7 Å². The molecular weight excluding hydrogens is 323 g/mol. The molecule has 0 saturated heterocycles. The van der Waals surface area contributed by atoms with E-state index in [0.717, 1.165) is 17.7 Å². The van der Waals surface area contributed by atoms with E-state index in [1.165, 1.54) is 11.3 Å². The summed E-state index contributed by atoms with van der Waals surface area (Å²) in [6.07, 6.45) is 0. The smallest absolute Gasteiger partial charge is 0.293 e. The van der Waals surface area contributed by atoms with Crippen molar-refractivity contribution < 1.29 is 9.31 Å². The van der Waals surface area contributed by atoms with Crippen molar-refractivity contribution in [2.45, 2.75) is 6.54 Å². The molecule has 7 heteroatoms. The van der Waals surface area contributed by atoms with Crippen LogP contribution in [0.5, 0.6) is 0 Å². The number of halogens is 2. The standard InChI is InChI=1S/C11H8BrFN2O2S/c12-8-3-11(15(16)17)10(4-9(8)13)14-5-7-1-2-18-6-7/h1-4,6,14H,5H2. The molecule has 1 heterocycles. The van der Waals surface area contributed by atoms with Gasteiger partial charge in [0.1, 0.15) is 11.5 Å². The van der Waals surface area contributed by atoms with Crippen molar-refractivity contribution in [1.29, 1.82) is 0 Å². The van der Waals surface area contributed by atoms with Crippen molar-refractivity contribution in [3.8, 4) is 0 Å². The Bertz CT molecular complexity index is 575. The number of hydrogen-bond donors (Lipinski definition) is 1. The summed E-state index contributed by atoms with van der Waals surface area (Å²) >= 11 is 4.47. The first-order chi connectivity index (χ1) is 8.58. The van der Waals surface area contributed by atoms with E-state index in [0.29, 0.717) is 6.54 Å². The lowest BCUT2D eigenvalue weighted by Gasteiger charge is -2.07. The second kappa shape index (κ2) is 5.45. The molecule has 1 aromatic heterocycles. The number of nitrogens with one attached hydrogen (secondary N) is 1. The summed E-state index contributed by atoms with van der Waals surface area (Å²) in [7, 11) is 0. The molecule has 0 aliphatic rings. The Morgan fingerprint density at radius 1 is 1.50 bits per heavy atom. The molecule has 2 aromatic rings. The topological polar surface area (TPSA) is 55.2 Å². The Labute approximate surface area is 115 Å². The summed E-state index contributed by atoms with van der Waals surface area (Å²) in [5, 5.41) is 17.6. The minimum atomic E-state index is -0.542. The minimum absolute atomic E-state index is 0.0790. The number of anilines is 1. The number of thiophene rings is 1. The van der Waals surface area contributed by atoms with E-state index in [1.807, 2.05) is 16.8 Å². The number of nitrogens with zero attached hydrogens (tertiary/aromatic N) is 1. The number of rotatable bonds is 4. The van der Waals surface area contributed by atoms with E-state index in [1.54, 1.807) is 0 Å². The summed E-state index contributed by atoms with van der Waals surface area (Å²) in [4.78, 5) is 10.3. The van der Waals surface area contributed by atoms with Gasteiger partial charge in [-0.1, -0.05) is 0 Å². The maximum absolute atomic E-state index is 13.4. The molecule has 0 aliphatic heterocycles. The lowest BCUT2D eigenvalue weighted by atomic mass is 10.2. The molecule has 1 aromatic carbocycles. The van der Waals surface area contributed by atoms with Gasteiger partial charge >= 0.3 is 0 Å². The summed E-state index contributed by atoms with van der Waals surface area (Å²) in [6.45, 7) is 0.422. The average molecular weight is 331 g/mol. The SMILES string of the molecule is O=[N+]([O-])c1cc(Br)c(F)cc1NCc1ccsc1. The first kappa shape index (κ1) is 13.0.